The number of rotatable bonds is 2. The summed E-state index contributed by atoms with van der Waals surface area (Å²) in [6, 6.07) is -2.82. The fourth-order valence-corrected chi connectivity index (χ4v) is 3.23. The Morgan fingerprint density at radius 1 is 0.771 bits per heavy atom. The third-order valence-electron chi connectivity index (χ3n) is 4.55. The summed E-state index contributed by atoms with van der Waals surface area (Å²) in [4.78, 5) is 46.8. The molecular formula is C21H32F4N2O8. The number of carboxylic acid groups (broad SMARTS) is 1. The second-order valence-electron chi connectivity index (χ2n) is 10.2. The van der Waals surface area contributed by atoms with Gasteiger partial charge < -0.3 is 19.3 Å². The average Bonchev–Trinajstić information content (AvgIpc) is 3.15. The molecule has 0 aromatic rings. The van der Waals surface area contributed by atoms with Crippen molar-refractivity contribution in [3.05, 3.63) is 0 Å². The Morgan fingerprint density at radius 2 is 1.11 bits per heavy atom. The maximum atomic E-state index is 13.3. The quantitative estimate of drug-likeness (QED) is 0.336. The number of amides is 2. The summed E-state index contributed by atoms with van der Waals surface area (Å²) in [7, 11) is 1.09. The lowest BCUT2D eigenvalue weighted by molar-refractivity contribution is -0.146. The smallest absolute Gasteiger partial charge is 0.411 e. The van der Waals surface area contributed by atoms with Gasteiger partial charge in [-0.05, 0) is 41.5 Å². The fraction of sp³-hybridized carbons (Fsp3) is 0.810. The summed E-state index contributed by atoms with van der Waals surface area (Å²) in [5.74, 6) is -8.60. The van der Waals surface area contributed by atoms with E-state index < -0.39 is 85.2 Å². The van der Waals surface area contributed by atoms with Crippen LogP contribution in [-0.4, -0.2) is 94.4 Å². The molecule has 0 unspecified atom stereocenters. The number of carbonyl (C=O) groups excluding carboxylic acids is 3. The van der Waals surface area contributed by atoms with Crippen molar-refractivity contribution in [1.82, 2.24) is 9.80 Å². The molecule has 2 heterocycles. The SMILES string of the molecule is CC(C)(C)OC(=O)N1CC(F)(F)C[C@H]1C(=O)O.COC(=O)[C@@H]1CC(F)(F)CN1C(=O)OC(C)(C)C. The topological polar surface area (TPSA) is 123 Å². The third-order valence-corrected chi connectivity index (χ3v) is 4.55. The number of halogens is 4. The molecule has 0 aromatic carbocycles. The number of carboxylic acids is 1. The number of methoxy groups -OCH3 is 1. The van der Waals surface area contributed by atoms with Crippen LogP contribution >= 0.6 is 0 Å². The number of alkyl halides is 4. The molecule has 2 saturated heterocycles. The van der Waals surface area contributed by atoms with Gasteiger partial charge in [0.05, 0.1) is 20.2 Å². The molecule has 0 spiro atoms. The van der Waals surface area contributed by atoms with E-state index >= 15 is 0 Å². The van der Waals surface area contributed by atoms with Gasteiger partial charge >= 0.3 is 24.1 Å². The molecule has 2 amide bonds. The number of nitrogens with zero attached hydrogens (tertiary/aromatic N) is 2. The van der Waals surface area contributed by atoms with E-state index in [9.17, 15) is 36.7 Å². The molecule has 0 bridgehead atoms. The first-order chi connectivity index (χ1) is 15.6. The Kier molecular flexibility index (Phi) is 9.02. The number of likely N-dealkylation sites (tertiary alicyclic amines) is 2. The molecule has 202 valence electrons. The van der Waals surface area contributed by atoms with E-state index in [-0.39, 0.29) is 0 Å². The first-order valence-electron chi connectivity index (χ1n) is 10.6. The van der Waals surface area contributed by atoms with Gasteiger partial charge in [-0.25, -0.2) is 36.7 Å². The zero-order valence-electron chi connectivity index (χ0n) is 20.7. The molecule has 0 aliphatic carbocycles. The molecule has 2 aliphatic rings. The predicted octanol–water partition coefficient (Wildman–Crippen LogP) is 3.52. The van der Waals surface area contributed by atoms with Gasteiger partial charge in [0.1, 0.15) is 23.3 Å². The maximum absolute atomic E-state index is 13.3. The average molecular weight is 516 g/mol. The Bertz CT molecular complexity index is 823. The number of hydrogen-bond acceptors (Lipinski definition) is 7. The normalized spacial score (nSPS) is 23.2. The first-order valence-corrected chi connectivity index (χ1v) is 10.6. The molecule has 10 nitrogen and oxygen atoms in total. The molecule has 35 heavy (non-hydrogen) atoms. The molecule has 2 fully saturated rings. The number of aliphatic carboxylic acids is 1. The highest BCUT2D eigenvalue weighted by Crippen LogP contribution is 2.34. The van der Waals surface area contributed by atoms with E-state index in [0.717, 1.165) is 12.0 Å². The molecule has 2 rings (SSSR count). The molecule has 0 aromatic heterocycles. The highest BCUT2D eigenvalue weighted by Gasteiger charge is 2.52. The van der Waals surface area contributed by atoms with Crippen LogP contribution in [0.4, 0.5) is 27.2 Å². The van der Waals surface area contributed by atoms with Crippen molar-refractivity contribution in [2.45, 2.75) is 89.5 Å². The molecular weight excluding hydrogens is 484 g/mol. The third kappa shape index (κ3) is 9.40. The second kappa shape index (κ2) is 10.4. The van der Waals surface area contributed by atoms with Gasteiger partial charge in [0.15, 0.2) is 0 Å². The Hall–Kier alpha value is -2.80. The van der Waals surface area contributed by atoms with Crippen LogP contribution in [0.5, 0.6) is 0 Å². The van der Waals surface area contributed by atoms with Crippen LogP contribution in [-0.2, 0) is 23.8 Å². The molecule has 2 atom stereocenters. The van der Waals surface area contributed by atoms with Crippen molar-refractivity contribution < 1.29 is 56.1 Å². The monoisotopic (exact) mass is 516 g/mol. The van der Waals surface area contributed by atoms with Gasteiger partial charge in [0, 0.05) is 12.8 Å². The van der Waals surface area contributed by atoms with Crippen molar-refractivity contribution in [3.63, 3.8) is 0 Å². The van der Waals surface area contributed by atoms with Crippen molar-refractivity contribution in [2.75, 3.05) is 20.2 Å². The van der Waals surface area contributed by atoms with Crippen molar-refractivity contribution in [2.24, 2.45) is 0 Å². The van der Waals surface area contributed by atoms with E-state index in [0.29, 0.717) is 4.90 Å². The number of hydrogen-bond donors (Lipinski definition) is 1. The lowest BCUT2D eigenvalue weighted by Crippen LogP contribution is -2.44. The van der Waals surface area contributed by atoms with Crippen LogP contribution in [0.2, 0.25) is 0 Å². The van der Waals surface area contributed by atoms with Gasteiger partial charge in [0.2, 0.25) is 0 Å². The molecule has 14 heteroatoms. The van der Waals surface area contributed by atoms with E-state index in [2.05, 4.69) is 4.74 Å². The zero-order valence-corrected chi connectivity index (χ0v) is 20.7. The standard InChI is InChI=1S/C11H17F2NO4.C10H15F2NO4/c1-10(2,3)18-9(16)14-6-11(12,13)5-7(14)8(15)17-4;1-9(2,3)17-8(16)13-5-10(11,12)4-6(13)7(14)15/h7H,5-6H2,1-4H3;6H,4-5H2,1-3H3,(H,14,15)/t7-;6-/m00/s1. The molecule has 0 radical (unpaired) electrons. The summed E-state index contributed by atoms with van der Waals surface area (Å²) < 4.78 is 67.0. The van der Waals surface area contributed by atoms with Crippen LogP contribution in [0.15, 0.2) is 0 Å². The van der Waals surface area contributed by atoms with Crippen LogP contribution < -0.4 is 0 Å². The predicted molar refractivity (Wildman–Crippen MR) is 112 cm³/mol. The Labute approximate surface area is 200 Å². The fourth-order valence-electron chi connectivity index (χ4n) is 3.23. The molecule has 1 N–H and O–H groups in total. The van der Waals surface area contributed by atoms with Gasteiger partial charge in [-0.3, -0.25) is 9.80 Å². The lowest BCUT2D eigenvalue weighted by Gasteiger charge is -2.26. The zero-order chi connectivity index (χ0) is 27.6. The van der Waals surface area contributed by atoms with Crippen LogP contribution in [0.3, 0.4) is 0 Å². The van der Waals surface area contributed by atoms with Crippen LogP contribution in [0.1, 0.15) is 54.4 Å². The van der Waals surface area contributed by atoms with E-state index in [1.165, 1.54) is 0 Å². The number of carbonyl (C=O) groups is 4. The summed E-state index contributed by atoms with van der Waals surface area (Å²) in [5.41, 5.74) is -1.66. The van der Waals surface area contributed by atoms with Gasteiger partial charge in [0.25, 0.3) is 11.8 Å². The van der Waals surface area contributed by atoms with Crippen molar-refractivity contribution in [3.8, 4) is 0 Å². The van der Waals surface area contributed by atoms with Crippen molar-refractivity contribution in [1.29, 1.82) is 0 Å². The van der Waals surface area contributed by atoms with Gasteiger partial charge in [-0.2, -0.15) is 0 Å². The van der Waals surface area contributed by atoms with Gasteiger partial charge in [-0.1, -0.05) is 0 Å². The Balaban J connectivity index is 0.000000351. The van der Waals surface area contributed by atoms with Crippen LogP contribution in [0, 0.1) is 0 Å². The molecule has 0 saturated carbocycles. The van der Waals surface area contributed by atoms with E-state index in [4.69, 9.17) is 14.6 Å². The lowest BCUT2D eigenvalue weighted by atomic mass is 10.2. The Morgan fingerprint density at radius 3 is 1.43 bits per heavy atom. The first kappa shape index (κ1) is 30.2. The molecule has 2 aliphatic heterocycles. The maximum Gasteiger partial charge on any atom is 0.411 e. The number of ether oxygens (including phenoxy) is 3. The largest absolute Gasteiger partial charge is 0.480 e. The summed E-state index contributed by atoms with van der Waals surface area (Å²) in [6.45, 7) is 7.84. The summed E-state index contributed by atoms with van der Waals surface area (Å²) in [5, 5.41) is 8.78. The number of esters is 1. The van der Waals surface area contributed by atoms with E-state index in [1.54, 1.807) is 41.5 Å². The minimum atomic E-state index is -3.18. The van der Waals surface area contributed by atoms with Gasteiger partial charge in [-0.15, -0.1) is 0 Å². The summed E-state index contributed by atoms with van der Waals surface area (Å²) >= 11 is 0. The minimum absolute atomic E-state index is 0.563. The summed E-state index contributed by atoms with van der Waals surface area (Å²) in [6.07, 6.45) is -3.57. The second-order valence-corrected chi connectivity index (χ2v) is 10.2. The highest BCUT2D eigenvalue weighted by molar-refractivity contribution is 5.82. The van der Waals surface area contributed by atoms with Crippen molar-refractivity contribution >= 4 is 24.1 Å². The van der Waals surface area contributed by atoms with Crippen LogP contribution in [0.25, 0.3) is 0 Å². The minimum Gasteiger partial charge on any atom is -0.480 e. The highest BCUT2D eigenvalue weighted by atomic mass is 19.3. The van der Waals surface area contributed by atoms with E-state index in [1.807, 2.05) is 0 Å².